The molecule has 3 heterocycles. The fourth-order valence-corrected chi connectivity index (χ4v) is 3.95. The summed E-state index contributed by atoms with van der Waals surface area (Å²) in [6.45, 7) is 1.03. The molecule has 2 aromatic heterocycles. The van der Waals surface area contributed by atoms with Gasteiger partial charge in [0.25, 0.3) is 5.56 Å². The highest BCUT2D eigenvalue weighted by Crippen LogP contribution is 2.29. The van der Waals surface area contributed by atoms with E-state index in [4.69, 9.17) is 4.42 Å². The normalized spacial score (nSPS) is 14.7. The minimum Gasteiger partial charge on any atom is -0.420 e. The monoisotopic (exact) mass is 433 g/mol. The van der Waals surface area contributed by atoms with Gasteiger partial charge < -0.3 is 9.32 Å². The van der Waals surface area contributed by atoms with Crippen LogP contribution in [0, 0.1) is 5.82 Å². The summed E-state index contributed by atoms with van der Waals surface area (Å²) in [7, 11) is 0. The van der Waals surface area contributed by atoms with Crippen molar-refractivity contribution < 1.29 is 13.6 Å². The van der Waals surface area contributed by atoms with Crippen LogP contribution in [0.4, 0.5) is 4.39 Å². The third kappa shape index (κ3) is 3.89. The highest BCUT2D eigenvalue weighted by Gasteiger charge is 2.27. The molecule has 32 heavy (non-hydrogen) atoms. The van der Waals surface area contributed by atoms with Gasteiger partial charge in [0.2, 0.25) is 17.7 Å². The van der Waals surface area contributed by atoms with E-state index in [9.17, 15) is 14.0 Å². The standard InChI is InChI=1S/C23H20FN5O3/c24-17-7-5-15(6-8-17)21-26-27-22(32-21)16-9-11-28(12-10-16)20(30)13-29-14-25-19-4-2-1-3-18(19)23(29)31/h1-8,14,16H,9-13H2. The van der Waals surface area contributed by atoms with E-state index in [-0.39, 0.29) is 29.7 Å². The maximum atomic E-state index is 13.1. The Balaban J connectivity index is 1.22. The maximum Gasteiger partial charge on any atom is 0.261 e. The summed E-state index contributed by atoms with van der Waals surface area (Å²) >= 11 is 0. The number of likely N-dealkylation sites (tertiary alicyclic amines) is 1. The first-order valence-corrected chi connectivity index (χ1v) is 10.4. The molecule has 0 spiro atoms. The maximum absolute atomic E-state index is 13.1. The Kier molecular flexibility index (Phi) is 5.22. The predicted molar refractivity (Wildman–Crippen MR) is 114 cm³/mol. The number of halogens is 1. The van der Waals surface area contributed by atoms with E-state index >= 15 is 0 Å². The predicted octanol–water partition coefficient (Wildman–Crippen LogP) is 2.99. The van der Waals surface area contributed by atoms with Crippen molar-refractivity contribution in [2.75, 3.05) is 13.1 Å². The lowest BCUT2D eigenvalue weighted by Crippen LogP contribution is -2.41. The first-order valence-electron chi connectivity index (χ1n) is 10.4. The second-order valence-electron chi connectivity index (χ2n) is 7.80. The molecule has 0 atom stereocenters. The zero-order chi connectivity index (χ0) is 22.1. The third-order valence-electron chi connectivity index (χ3n) is 5.77. The quantitative estimate of drug-likeness (QED) is 0.491. The average molecular weight is 433 g/mol. The summed E-state index contributed by atoms with van der Waals surface area (Å²) in [6, 6.07) is 13.0. The molecule has 1 aliphatic heterocycles. The van der Waals surface area contributed by atoms with E-state index in [1.54, 1.807) is 35.2 Å². The van der Waals surface area contributed by atoms with Gasteiger partial charge in [0, 0.05) is 24.6 Å². The summed E-state index contributed by atoms with van der Waals surface area (Å²) in [4.78, 5) is 31.4. The number of fused-ring (bicyclic) bond motifs is 1. The summed E-state index contributed by atoms with van der Waals surface area (Å²) in [5.41, 5.74) is 1.05. The van der Waals surface area contributed by atoms with Crippen molar-refractivity contribution in [2.24, 2.45) is 0 Å². The summed E-state index contributed by atoms with van der Waals surface area (Å²) < 4.78 is 20.3. The molecule has 1 saturated heterocycles. The number of benzene rings is 2. The van der Waals surface area contributed by atoms with Crippen LogP contribution >= 0.6 is 0 Å². The Morgan fingerprint density at radius 3 is 2.59 bits per heavy atom. The van der Waals surface area contributed by atoms with Crippen molar-refractivity contribution >= 4 is 16.8 Å². The number of piperidine rings is 1. The van der Waals surface area contributed by atoms with Crippen LogP contribution in [0.3, 0.4) is 0 Å². The molecule has 0 bridgehead atoms. The molecule has 0 saturated carbocycles. The molecular formula is C23H20FN5O3. The Morgan fingerprint density at radius 1 is 1.06 bits per heavy atom. The van der Waals surface area contributed by atoms with Gasteiger partial charge in [-0.2, -0.15) is 0 Å². The Hall–Kier alpha value is -3.88. The molecule has 1 aliphatic rings. The van der Waals surface area contributed by atoms with Gasteiger partial charge in [0.05, 0.1) is 17.2 Å². The first kappa shape index (κ1) is 20.0. The number of para-hydroxylation sites is 1. The number of nitrogens with zero attached hydrogens (tertiary/aromatic N) is 5. The molecule has 9 heteroatoms. The van der Waals surface area contributed by atoms with Crippen LogP contribution in [0.1, 0.15) is 24.7 Å². The lowest BCUT2D eigenvalue weighted by Gasteiger charge is -2.30. The first-order chi connectivity index (χ1) is 15.6. The van der Waals surface area contributed by atoms with Crippen molar-refractivity contribution in [1.29, 1.82) is 0 Å². The van der Waals surface area contributed by atoms with Crippen molar-refractivity contribution in [3.05, 3.63) is 76.9 Å². The Morgan fingerprint density at radius 2 is 1.81 bits per heavy atom. The molecule has 162 valence electrons. The van der Waals surface area contributed by atoms with Gasteiger partial charge in [-0.05, 0) is 49.2 Å². The molecular weight excluding hydrogens is 413 g/mol. The number of carbonyl (C=O) groups excluding carboxylic acids is 1. The molecule has 4 aromatic rings. The van der Waals surface area contributed by atoms with Gasteiger partial charge in [-0.25, -0.2) is 9.37 Å². The molecule has 5 rings (SSSR count). The van der Waals surface area contributed by atoms with Crippen LogP contribution in [-0.2, 0) is 11.3 Å². The number of carbonyl (C=O) groups is 1. The molecule has 0 N–H and O–H groups in total. The lowest BCUT2D eigenvalue weighted by molar-refractivity contribution is -0.133. The van der Waals surface area contributed by atoms with Gasteiger partial charge >= 0.3 is 0 Å². The van der Waals surface area contributed by atoms with E-state index in [1.165, 1.54) is 23.0 Å². The van der Waals surface area contributed by atoms with E-state index in [1.807, 2.05) is 6.07 Å². The molecule has 8 nitrogen and oxygen atoms in total. The van der Waals surface area contributed by atoms with Crippen LogP contribution in [0.5, 0.6) is 0 Å². The van der Waals surface area contributed by atoms with Crippen LogP contribution in [-0.4, -0.2) is 43.6 Å². The van der Waals surface area contributed by atoms with Gasteiger partial charge in [-0.3, -0.25) is 14.2 Å². The topological polar surface area (TPSA) is 94.1 Å². The molecule has 0 unspecified atom stereocenters. The number of amides is 1. The number of hydrogen-bond acceptors (Lipinski definition) is 6. The fourth-order valence-electron chi connectivity index (χ4n) is 3.95. The van der Waals surface area contributed by atoms with Crippen LogP contribution in [0.2, 0.25) is 0 Å². The molecule has 0 radical (unpaired) electrons. The van der Waals surface area contributed by atoms with Crippen LogP contribution in [0.25, 0.3) is 22.4 Å². The summed E-state index contributed by atoms with van der Waals surface area (Å²) in [5, 5.41) is 8.72. The van der Waals surface area contributed by atoms with E-state index in [2.05, 4.69) is 15.2 Å². The van der Waals surface area contributed by atoms with Crippen molar-refractivity contribution in [1.82, 2.24) is 24.6 Å². The van der Waals surface area contributed by atoms with E-state index < -0.39 is 0 Å². The third-order valence-corrected chi connectivity index (χ3v) is 5.77. The second-order valence-corrected chi connectivity index (χ2v) is 7.80. The minimum atomic E-state index is -0.327. The highest BCUT2D eigenvalue weighted by molar-refractivity contribution is 5.79. The SMILES string of the molecule is O=C(Cn1cnc2ccccc2c1=O)N1CCC(c2nnc(-c3ccc(F)cc3)o2)CC1. The summed E-state index contributed by atoms with van der Waals surface area (Å²) in [6.07, 6.45) is 2.79. The molecule has 1 amide bonds. The smallest absolute Gasteiger partial charge is 0.261 e. The average Bonchev–Trinajstić information content (AvgIpc) is 3.32. The van der Waals surface area contributed by atoms with Crippen molar-refractivity contribution in [3.8, 4) is 11.5 Å². The minimum absolute atomic E-state index is 0.0450. The molecule has 1 fully saturated rings. The Bertz CT molecular complexity index is 1320. The van der Waals surface area contributed by atoms with Crippen molar-refractivity contribution in [3.63, 3.8) is 0 Å². The molecule has 2 aromatic carbocycles. The summed E-state index contributed by atoms with van der Waals surface area (Å²) in [5.74, 6) is 0.464. The van der Waals surface area contributed by atoms with E-state index in [0.29, 0.717) is 54.2 Å². The van der Waals surface area contributed by atoms with Gasteiger partial charge in [-0.1, -0.05) is 12.1 Å². The van der Waals surface area contributed by atoms with Gasteiger partial charge in [0.15, 0.2) is 0 Å². The largest absolute Gasteiger partial charge is 0.420 e. The molecule has 0 aliphatic carbocycles. The zero-order valence-electron chi connectivity index (χ0n) is 17.1. The number of hydrogen-bond donors (Lipinski definition) is 0. The van der Waals surface area contributed by atoms with Crippen LogP contribution in [0.15, 0.2) is 64.1 Å². The van der Waals surface area contributed by atoms with Gasteiger partial charge in [0.1, 0.15) is 12.4 Å². The van der Waals surface area contributed by atoms with Crippen LogP contribution < -0.4 is 5.56 Å². The van der Waals surface area contributed by atoms with Crippen molar-refractivity contribution in [2.45, 2.75) is 25.3 Å². The number of rotatable bonds is 4. The van der Waals surface area contributed by atoms with Gasteiger partial charge in [-0.15, -0.1) is 10.2 Å². The second kappa shape index (κ2) is 8.33. The lowest BCUT2D eigenvalue weighted by atomic mass is 9.97. The number of aromatic nitrogens is 4. The fraction of sp³-hybridized carbons (Fsp3) is 0.261. The zero-order valence-corrected chi connectivity index (χ0v) is 17.1. The highest BCUT2D eigenvalue weighted by atomic mass is 19.1. The Labute approximate surface area is 182 Å². The van der Waals surface area contributed by atoms with E-state index in [0.717, 1.165) is 0 Å².